The fourth-order valence-electron chi connectivity index (χ4n) is 2.88. The minimum atomic E-state index is -0.303. The molecule has 0 aliphatic rings. The number of hydrogen-bond donors (Lipinski definition) is 2. The topological polar surface area (TPSA) is 67.0 Å². The number of rotatable bonds is 6. The lowest BCUT2D eigenvalue weighted by Gasteiger charge is -2.10. The average Bonchev–Trinajstić information content (AvgIpc) is 3.22. The predicted octanol–water partition coefficient (Wildman–Crippen LogP) is 5.87. The second-order valence-corrected chi connectivity index (χ2v) is 6.58. The molecule has 0 atom stereocenters. The summed E-state index contributed by atoms with van der Waals surface area (Å²) in [6, 6.07) is 17.4. The van der Waals surface area contributed by atoms with E-state index in [-0.39, 0.29) is 5.82 Å². The quantitative estimate of drug-likeness (QED) is 0.406. The fourth-order valence-corrected chi connectivity index (χ4v) is 2.88. The van der Waals surface area contributed by atoms with E-state index in [1.807, 2.05) is 19.1 Å². The van der Waals surface area contributed by atoms with Crippen LogP contribution < -0.4 is 10.1 Å². The van der Waals surface area contributed by atoms with Gasteiger partial charge in [-0.05, 0) is 61.0 Å². The maximum absolute atomic E-state index is 13.9. The van der Waals surface area contributed by atoms with E-state index in [4.69, 9.17) is 4.74 Å². The van der Waals surface area contributed by atoms with Crippen molar-refractivity contribution < 1.29 is 13.9 Å². The van der Waals surface area contributed by atoms with Gasteiger partial charge in [-0.3, -0.25) is 9.78 Å². The molecule has 2 aromatic heterocycles. The Morgan fingerprint density at radius 3 is 2.62 bits per heavy atom. The van der Waals surface area contributed by atoms with Gasteiger partial charge in [-0.2, -0.15) is 0 Å². The zero-order valence-electron chi connectivity index (χ0n) is 15.6. The van der Waals surface area contributed by atoms with E-state index in [1.165, 1.54) is 6.07 Å². The number of hydrogen-bond acceptors (Lipinski definition) is 4. The summed E-state index contributed by atoms with van der Waals surface area (Å²) in [5.74, 6) is 0.947. The molecule has 2 heterocycles. The summed E-state index contributed by atoms with van der Waals surface area (Å²) in [5.41, 5.74) is 4.12. The van der Waals surface area contributed by atoms with Gasteiger partial charge in [0, 0.05) is 29.7 Å². The van der Waals surface area contributed by atoms with Gasteiger partial charge in [-0.15, -0.1) is 0 Å². The number of carbonyl (C=O) groups excluding carboxylic acids is 1. The molecule has 0 amide bonds. The number of carbonyl (C=O) groups is 1. The average molecular weight is 387 g/mol. The van der Waals surface area contributed by atoms with Gasteiger partial charge in [-0.1, -0.05) is 6.07 Å². The Morgan fingerprint density at radius 1 is 1.03 bits per heavy atom. The summed E-state index contributed by atoms with van der Waals surface area (Å²) in [7, 11) is 0. The van der Waals surface area contributed by atoms with Gasteiger partial charge in [0.05, 0.1) is 17.1 Å². The molecule has 0 aliphatic heterocycles. The van der Waals surface area contributed by atoms with Crippen LogP contribution in [-0.4, -0.2) is 16.3 Å². The lowest BCUT2D eigenvalue weighted by Crippen LogP contribution is -1.94. The number of ether oxygens (including phenoxy) is 1. The maximum Gasteiger partial charge on any atom is 0.151 e. The molecule has 6 heteroatoms. The molecule has 4 aromatic rings. The number of halogens is 1. The maximum atomic E-state index is 13.9. The van der Waals surface area contributed by atoms with Gasteiger partial charge in [-0.25, -0.2) is 4.39 Å². The van der Waals surface area contributed by atoms with Crippen LogP contribution in [0.5, 0.6) is 11.5 Å². The van der Waals surface area contributed by atoms with Crippen molar-refractivity contribution in [2.24, 2.45) is 0 Å². The molecular formula is C23H18FN3O2. The number of aromatic amines is 1. The monoisotopic (exact) mass is 387 g/mol. The summed E-state index contributed by atoms with van der Waals surface area (Å²) >= 11 is 0. The molecule has 2 N–H and O–H groups in total. The van der Waals surface area contributed by atoms with E-state index in [9.17, 15) is 9.18 Å². The van der Waals surface area contributed by atoms with Crippen molar-refractivity contribution >= 4 is 17.7 Å². The second-order valence-electron chi connectivity index (χ2n) is 6.58. The number of H-pyrrole nitrogens is 1. The molecule has 0 saturated heterocycles. The number of aromatic nitrogens is 2. The number of pyridine rings is 1. The van der Waals surface area contributed by atoms with Crippen molar-refractivity contribution in [1.82, 2.24) is 9.97 Å². The molecule has 0 unspecified atom stereocenters. The lowest BCUT2D eigenvalue weighted by atomic mass is 10.2. The standard InChI is InChI=1S/C23H18FN3O2/c1-15-2-7-20(24)21(10-15)27-17-3-5-18(6-4-17)29-19-8-9-25-23(12-19)22-11-16(14-28)13-26-22/h2-14,26-27H,1H3. The highest BCUT2D eigenvalue weighted by molar-refractivity contribution is 5.77. The van der Waals surface area contributed by atoms with Gasteiger partial charge in [0.2, 0.25) is 0 Å². The molecule has 144 valence electrons. The largest absolute Gasteiger partial charge is 0.457 e. The zero-order chi connectivity index (χ0) is 20.2. The van der Waals surface area contributed by atoms with Gasteiger partial charge in [0.1, 0.15) is 17.3 Å². The first-order valence-corrected chi connectivity index (χ1v) is 9.02. The fraction of sp³-hybridized carbons (Fsp3) is 0.0435. The SMILES string of the molecule is Cc1ccc(F)c(Nc2ccc(Oc3ccnc(-c4cc(C=O)c[nH]4)c3)cc2)c1. The minimum Gasteiger partial charge on any atom is -0.457 e. The van der Waals surface area contributed by atoms with Crippen LogP contribution in [0.1, 0.15) is 15.9 Å². The van der Waals surface area contributed by atoms with Crippen molar-refractivity contribution in [2.45, 2.75) is 6.92 Å². The molecular weight excluding hydrogens is 369 g/mol. The molecule has 29 heavy (non-hydrogen) atoms. The van der Waals surface area contributed by atoms with Gasteiger partial charge >= 0.3 is 0 Å². The van der Waals surface area contributed by atoms with E-state index in [1.54, 1.807) is 54.9 Å². The third-order valence-corrected chi connectivity index (χ3v) is 4.34. The van der Waals surface area contributed by atoms with E-state index in [0.717, 1.165) is 23.2 Å². The number of nitrogens with one attached hydrogen (secondary N) is 2. The van der Waals surface area contributed by atoms with Crippen molar-refractivity contribution in [3.8, 4) is 22.9 Å². The van der Waals surface area contributed by atoms with Crippen LogP contribution in [0.3, 0.4) is 0 Å². The van der Waals surface area contributed by atoms with E-state index >= 15 is 0 Å². The Labute approximate surface area is 167 Å². The van der Waals surface area contributed by atoms with Gasteiger partial charge in [0.15, 0.2) is 6.29 Å². The lowest BCUT2D eigenvalue weighted by molar-refractivity contribution is 0.112. The second kappa shape index (κ2) is 7.98. The summed E-state index contributed by atoms with van der Waals surface area (Å²) in [6.45, 7) is 1.91. The number of benzene rings is 2. The third kappa shape index (κ3) is 4.32. The Morgan fingerprint density at radius 2 is 1.86 bits per heavy atom. The molecule has 2 aromatic carbocycles. The molecule has 0 spiro atoms. The van der Waals surface area contributed by atoms with Crippen molar-refractivity contribution in [1.29, 1.82) is 0 Å². The van der Waals surface area contributed by atoms with E-state index in [2.05, 4.69) is 15.3 Å². The van der Waals surface area contributed by atoms with Crippen LogP contribution in [0.4, 0.5) is 15.8 Å². The zero-order valence-corrected chi connectivity index (χ0v) is 15.6. The summed E-state index contributed by atoms with van der Waals surface area (Å²) < 4.78 is 19.8. The van der Waals surface area contributed by atoms with E-state index < -0.39 is 0 Å². The van der Waals surface area contributed by atoms with Crippen LogP contribution in [0.15, 0.2) is 73.1 Å². The first-order chi connectivity index (χ1) is 14.1. The van der Waals surface area contributed by atoms with Crippen molar-refractivity contribution in [3.63, 3.8) is 0 Å². The highest BCUT2D eigenvalue weighted by Crippen LogP contribution is 2.28. The van der Waals surface area contributed by atoms with Crippen LogP contribution >= 0.6 is 0 Å². The minimum absolute atomic E-state index is 0.303. The van der Waals surface area contributed by atoms with Crippen molar-refractivity contribution in [3.05, 3.63) is 90.0 Å². The molecule has 0 bridgehead atoms. The Balaban J connectivity index is 1.48. The first-order valence-electron chi connectivity index (χ1n) is 9.02. The highest BCUT2D eigenvalue weighted by Gasteiger charge is 2.07. The van der Waals surface area contributed by atoms with Crippen LogP contribution in [0.2, 0.25) is 0 Å². The van der Waals surface area contributed by atoms with Gasteiger partial charge in [0.25, 0.3) is 0 Å². The number of nitrogens with zero attached hydrogens (tertiary/aromatic N) is 1. The molecule has 0 fully saturated rings. The summed E-state index contributed by atoms with van der Waals surface area (Å²) in [6.07, 6.45) is 4.04. The first kappa shape index (κ1) is 18.4. The van der Waals surface area contributed by atoms with Crippen molar-refractivity contribution in [2.75, 3.05) is 5.32 Å². The number of anilines is 2. The predicted molar refractivity (Wildman–Crippen MR) is 110 cm³/mol. The van der Waals surface area contributed by atoms with Crippen LogP contribution in [0, 0.1) is 12.7 Å². The summed E-state index contributed by atoms with van der Waals surface area (Å²) in [4.78, 5) is 18.2. The molecule has 0 radical (unpaired) electrons. The highest BCUT2D eigenvalue weighted by atomic mass is 19.1. The Bertz CT molecular complexity index is 1150. The smallest absolute Gasteiger partial charge is 0.151 e. The molecule has 0 aliphatic carbocycles. The molecule has 4 rings (SSSR count). The molecule has 0 saturated carbocycles. The van der Waals surface area contributed by atoms with E-state index in [0.29, 0.717) is 28.4 Å². The van der Waals surface area contributed by atoms with Gasteiger partial charge < -0.3 is 15.0 Å². The number of aldehydes is 1. The third-order valence-electron chi connectivity index (χ3n) is 4.34. The number of aryl methyl sites for hydroxylation is 1. The summed E-state index contributed by atoms with van der Waals surface area (Å²) in [5, 5.41) is 3.07. The Kier molecular flexibility index (Phi) is 5.07. The van der Waals surface area contributed by atoms with Crippen LogP contribution in [-0.2, 0) is 0 Å². The molecule has 5 nitrogen and oxygen atoms in total. The normalized spacial score (nSPS) is 10.6. The van der Waals surface area contributed by atoms with Crippen LogP contribution in [0.25, 0.3) is 11.4 Å². The Hall–Kier alpha value is -3.93.